The molecule has 1 rings (SSSR count). The first-order chi connectivity index (χ1) is 6.22. The molecule has 0 saturated heterocycles. The summed E-state index contributed by atoms with van der Waals surface area (Å²) < 4.78 is 0. The van der Waals surface area contributed by atoms with Gasteiger partial charge in [0.2, 0.25) is 5.91 Å². The summed E-state index contributed by atoms with van der Waals surface area (Å²) in [6.45, 7) is 2.98. The second kappa shape index (κ2) is 4.84. The van der Waals surface area contributed by atoms with Crippen molar-refractivity contribution in [1.82, 2.24) is 10.3 Å². The molecule has 1 amide bonds. The van der Waals surface area contributed by atoms with Gasteiger partial charge >= 0.3 is 0 Å². The lowest BCUT2D eigenvalue weighted by Gasteiger charge is -2.02. The van der Waals surface area contributed by atoms with E-state index >= 15 is 0 Å². The summed E-state index contributed by atoms with van der Waals surface area (Å²) in [6.07, 6.45) is 3.47. The van der Waals surface area contributed by atoms with Crippen molar-refractivity contribution in [1.29, 1.82) is 0 Å². The van der Waals surface area contributed by atoms with E-state index in [-0.39, 0.29) is 5.91 Å². The van der Waals surface area contributed by atoms with Crippen LogP contribution >= 0.6 is 0 Å². The predicted octanol–water partition coefficient (Wildman–Crippen LogP) is 0.942. The Morgan fingerprint density at radius 3 is 3.00 bits per heavy atom. The second-order valence-corrected chi connectivity index (χ2v) is 3.33. The first-order valence-electron chi connectivity index (χ1n) is 4.81. The third kappa shape index (κ3) is 3.44. The summed E-state index contributed by atoms with van der Waals surface area (Å²) in [5.41, 5.74) is 0. The van der Waals surface area contributed by atoms with Crippen molar-refractivity contribution >= 4 is 11.7 Å². The third-order valence-electron chi connectivity index (χ3n) is 2.00. The zero-order valence-corrected chi connectivity index (χ0v) is 8.34. The van der Waals surface area contributed by atoms with Gasteiger partial charge in [0.15, 0.2) is 0 Å². The van der Waals surface area contributed by atoms with E-state index in [2.05, 4.69) is 17.3 Å². The van der Waals surface area contributed by atoms with Crippen molar-refractivity contribution in [2.75, 3.05) is 13.6 Å². The van der Waals surface area contributed by atoms with E-state index < -0.39 is 0 Å². The molecule has 74 valence electrons. The van der Waals surface area contributed by atoms with Crippen LogP contribution in [0, 0.1) is 0 Å². The number of carbonyl (C=O) groups excluding carboxylic acids is 1. The molecule has 1 aliphatic heterocycles. The van der Waals surface area contributed by atoms with Crippen LogP contribution in [0.4, 0.5) is 0 Å². The predicted molar refractivity (Wildman–Crippen MR) is 52.3 cm³/mol. The Morgan fingerprint density at radius 2 is 2.46 bits per heavy atom. The molecule has 1 aliphatic rings. The first-order valence-corrected chi connectivity index (χ1v) is 4.81. The highest BCUT2D eigenvalue weighted by atomic mass is 16.1. The molecule has 0 aromatic carbocycles. The molecule has 0 radical (unpaired) electrons. The molecule has 0 spiro atoms. The summed E-state index contributed by atoms with van der Waals surface area (Å²) in [5.74, 6) is 0.902. The van der Waals surface area contributed by atoms with E-state index in [0.29, 0.717) is 6.42 Å². The Hall–Kier alpha value is -1.06. The van der Waals surface area contributed by atoms with Gasteiger partial charge in [0, 0.05) is 26.4 Å². The third-order valence-corrected chi connectivity index (χ3v) is 2.00. The monoisotopic (exact) mass is 183 g/mol. The van der Waals surface area contributed by atoms with Gasteiger partial charge in [-0.1, -0.05) is 13.3 Å². The molecule has 1 heterocycles. The molecule has 1 N–H and O–H groups in total. The molecule has 0 fully saturated rings. The van der Waals surface area contributed by atoms with Crippen molar-refractivity contribution in [3.8, 4) is 0 Å². The SMILES string of the molecule is CCCCC(=O)NC1=NN(C)CC1. The smallest absolute Gasteiger partial charge is 0.225 e. The maximum absolute atomic E-state index is 11.3. The summed E-state index contributed by atoms with van der Waals surface area (Å²) in [7, 11) is 1.91. The molecular weight excluding hydrogens is 166 g/mol. The Bertz CT molecular complexity index is 213. The molecule has 4 heteroatoms. The topological polar surface area (TPSA) is 44.7 Å². The Morgan fingerprint density at radius 1 is 1.69 bits per heavy atom. The summed E-state index contributed by atoms with van der Waals surface area (Å²) in [4.78, 5) is 11.3. The minimum Gasteiger partial charge on any atom is -0.313 e. The quantitative estimate of drug-likeness (QED) is 0.707. The molecule has 0 unspecified atom stereocenters. The number of nitrogens with zero attached hydrogens (tertiary/aromatic N) is 2. The van der Waals surface area contributed by atoms with Gasteiger partial charge in [0.1, 0.15) is 5.84 Å². The van der Waals surface area contributed by atoms with Crippen LogP contribution in [-0.2, 0) is 4.79 Å². The highest BCUT2D eigenvalue weighted by Gasteiger charge is 2.12. The van der Waals surface area contributed by atoms with Crippen LogP contribution in [0.5, 0.6) is 0 Å². The van der Waals surface area contributed by atoms with Crippen molar-refractivity contribution in [2.24, 2.45) is 5.10 Å². The molecular formula is C9H17N3O. The van der Waals surface area contributed by atoms with Gasteiger partial charge in [-0.05, 0) is 6.42 Å². The lowest BCUT2D eigenvalue weighted by molar-refractivity contribution is -0.119. The van der Waals surface area contributed by atoms with Crippen LogP contribution in [0.3, 0.4) is 0 Å². The van der Waals surface area contributed by atoms with Gasteiger partial charge in [-0.2, -0.15) is 5.10 Å². The van der Waals surface area contributed by atoms with Crippen LogP contribution in [0.1, 0.15) is 32.6 Å². The van der Waals surface area contributed by atoms with Gasteiger partial charge < -0.3 is 5.32 Å². The Balaban J connectivity index is 2.24. The van der Waals surface area contributed by atoms with Crippen LogP contribution < -0.4 is 5.32 Å². The van der Waals surface area contributed by atoms with Crippen molar-refractivity contribution in [3.05, 3.63) is 0 Å². The standard InChI is InChI=1S/C9H17N3O/c1-3-4-5-9(13)10-8-6-7-12(2)11-8/h3-7H2,1-2H3,(H,10,11,13). The molecule has 0 bridgehead atoms. The number of carbonyl (C=O) groups is 1. The zero-order valence-electron chi connectivity index (χ0n) is 8.34. The lowest BCUT2D eigenvalue weighted by atomic mass is 10.2. The van der Waals surface area contributed by atoms with Crippen LogP contribution in [-0.4, -0.2) is 30.3 Å². The fourth-order valence-electron chi connectivity index (χ4n) is 1.22. The average Bonchev–Trinajstić information content (AvgIpc) is 2.48. The second-order valence-electron chi connectivity index (χ2n) is 3.33. The van der Waals surface area contributed by atoms with Crippen LogP contribution in [0.15, 0.2) is 5.10 Å². The number of hydrogen-bond acceptors (Lipinski definition) is 3. The summed E-state index contributed by atoms with van der Waals surface area (Å²) >= 11 is 0. The molecule has 0 saturated carbocycles. The minimum atomic E-state index is 0.0934. The minimum absolute atomic E-state index is 0.0934. The molecule has 13 heavy (non-hydrogen) atoms. The zero-order chi connectivity index (χ0) is 9.68. The van der Waals surface area contributed by atoms with E-state index in [1.54, 1.807) is 0 Å². The van der Waals surface area contributed by atoms with Gasteiger partial charge in [-0.3, -0.25) is 9.80 Å². The van der Waals surface area contributed by atoms with E-state index in [1.807, 2.05) is 12.1 Å². The van der Waals surface area contributed by atoms with Gasteiger partial charge in [-0.15, -0.1) is 0 Å². The average molecular weight is 183 g/mol. The maximum atomic E-state index is 11.3. The fraction of sp³-hybridized carbons (Fsp3) is 0.778. The fourth-order valence-corrected chi connectivity index (χ4v) is 1.22. The van der Waals surface area contributed by atoms with Gasteiger partial charge in [0.25, 0.3) is 0 Å². The van der Waals surface area contributed by atoms with Crippen LogP contribution in [0.25, 0.3) is 0 Å². The molecule has 4 nitrogen and oxygen atoms in total. The summed E-state index contributed by atoms with van der Waals surface area (Å²) in [5, 5.41) is 8.81. The maximum Gasteiger partial charge on any atom is 0.225 e. The highest BCUT2D eigenvalue weighted by molar-refractivity contribution is 5.98. The van der Waals surface area contributed by atoms with Crippen molar-refractivity contribution < 1.29 is 4.79 Å². The number of hydrazone groups is 1. The number of amidine groups is 1. The van der Waals surface area contributed by atoms with E-state index in [0.717, 1.165) is 31.6 Å². The Labute approximate surface area is 79.0 Å². The number of unbranched alkanes of at least 4 members (excludes halogenated alkanes) is 1. The van der Waals surface area contributed by atoms with Crippen molar-refractivity contribution in [2.45, 2.75) is 32.6 Å². The van der Waals surface area contributed by atoms with E-state index in [1.165, 1.54) is 0 Å². The molecule has 0 aliphatic carbocycles. The normalized spacial score (nSPS) is 15.8. The number of nitrogens with one attached hydrogen (secondary N) is 1. The molecule has 0 aromatic heterocycles. The van der Waals surface area contributed by atoms with E-state index in [4.69, 9.17) is 0 Å². The molecule has 0 aromatic rings. The van der Waals surface area contributed by atoms with E-state index in [9.17, 15) is 4.79 Å². The highest BCUT2D eigenvalue weighted by Crippen LogP contribution is 2.01. The van der Waals surface area contributed by atoms with Crippen LogP contribution in [0.2, 0.25) is 0 Å². The summed E-state index contributed by atoms with van der Waals surface area (Å²) in [6, 6.07) is 0. The molecule has 0 atom stereocenters. The van der Waals surface area contributed by atoms with Crippen molar-refractivity contribution in [3.63, 3.8) is 0 Å². The van der Waals surface area contributed by atoms with Gasteiger partial charge in [0.05, 0.1) is 0 Å². The lowest BCUT2D eigenvalue weighted by Crippen LogP contribution is -2.28. The largest absolute Gasteiger partial charge is 0.313 e. The Kier molecular flexibility index (Phi) is 3.73. The van der Waals surface area contributed by atoms with Gasteiger partial charge in [-0.25, -0.2) is 0 Å². The first kappa shape index (κ1) is 10.0. The number of hydrogen-bond donors (Lipinski definition) is 1. The number of rotatable bonds is 3. The number of amides is 1.